The topological polar surface area (TPSA) is 62.5 Å². The molecule has 6 nitrogen and oxygen atoms in total. The molecule has 2 unspecified atom stereocenters. The summed E-state index contributed by atoms with van der Waals surface area (Å²) in [4.78, 5) is 21.5. The van der Waals surface area contributed by atoms with E-state index in [1.54, 1.807) is 0 Å². The van der Waals surface area contributed by atoms with E-state index in [0.717, 1.165) is 57.8 Å². The van der Waals surface area contributed by atoms with Crippen LogP contribution in [0.4, 0.5) is 0 Å². The van der Waals surface area contributed by atoms with Crippen LogP contribution in [0.3, 0.4) is 0 Å². The first kappa shape index (κ1) is 16.4. The van der Waals surface area contributed by atoms with Crippen LogP contribution in [0, 0.1) is 18.8 Å². The second-order valence-corrected chi connectivity index (χ2v) is 7.20. The molecule has 2 aliphatic heterocycles. The third-order valence-electron chi connectivity index (χ3n) is 5.35. The molecule has 0 aliphatic carbocycles. The number of likely N-dealkylation sites (tertiary alicyclic amines) is 2. The smallest absolute Gasteiger partial charge is 0.243 e. The summed E-state index contributed by atoms with van der Waals surface area (Å²) in [5.41, 5.74) is 0. The van der Waals surface area contributed by atoms with Gasteiger partial charge in [-0.15, -0.1) is 0 Å². The summed E-state index contributed by atoms with van der Waals surface area (Å²) in [6, 6.07) is 0.0770. The summed E-state index contributed by atoms with van der Waals surface area (Å²) in [6.45, 7) is 9.83. The highest BCUT2D eigenvalue weighted by Gasteiger charge is 2.33. The molecule has 1 aromatic rings. The molecule has 1 aromatic heterocycles. The Kier molecular flexibility index (Phi) is 4.99. The average molecular weight is 320 g/mol. The molecule has 2 saturated heterocycles. The average Bonchev–Trinajstić information content (AvgIpc) is 3.01. The highest BCUT2D eigenvalue weighted by atomic mass is 16.5. The lowest BCUT2D eigenvalue weighted by Crippen LogP contribution is -2.47. The van der Waals surface area contributed by atoms with Gasteiger partial charge in [-0.2, -0.15) is 4.98 Å². The zero-order valence-corrected chi connectivity index (χ0v) is 14.5. The second kappa shape index (κ2) is 6.99. The quantitative estimate of drug-likeness (QED) is 0.856. The van der Waals surface area contributed by atoms with Crippen molar-refractivity contribution in [2.24, 2.45) is 11.8 Å². The van der Waals surface area contributed by atoms with Gasteiger partial charge in [-0.05, 0) is 52.0 Å². The molecular formula is C17H28N4O2. The molecule has 0 spiro atoms. The largest absolute Gasteiger partial charge is 0.342 e. The Balaban J connectivity index is 1.60. The van der Waals surface area contributed by atoms with E-state index in [1.807, 2.05) is 6.92 Å². The number of hydrogen-bond acceptors (Lipinski definition) is 5. The second-order valence-electron chi connectivity index (χ2n) is 7.20. The van der Waals surface area contributed by atoms with Crippen LogP contribution in [0.1, 0.15) is 57.3 Å². The van der Waals surface area contributed by atoms with Crippen molar-refractivity contribution in [3.63, 3.8) is 0 Å². The van der Waals surface area contributed by atoms with Gasteiger partial charge in [0, 0.05) is 19.6 Å². The Morgan fingerprint density at radius 2 is 2.00 bits per heavy atom. The molecule has 3 rings (SSSR count). The van der Waals surface area contributed by atoms with Gasteiger partial charge >= 0.3 is 0 Å². The maximum Gasteiger partial charge on any atom is 0.243 e. The van der Waals surface area contributed by atoms with Gasteiger partial charge in [0.1, 0.15) is 0 Å². The third kappa shape index (κ3) is 3.74. The molecule has 0 radical (unpaired) electrons. The van der Waals surface area contributed by atoms with Crippen LogP contribution in [-0.2, 0) is 4.79 Å². The van der Waals surface area contributed by atoms with E-state index in [0.29, 0.717) is 17.6 Å². The van der Waals surface area contributed by atoms with Crippen molar-refractivity contribution in [3.8, 4) is 0 Å². The molecule has 0 saturated carbocycles. The van der Waals surface area contributed by atoms with Crippen LogP contribution in [0.5, 0.6) is 0 Å². The van der Waals surface area contributed by atoms with Gasteiger partial charge in [0.2, 0.25) is 11.8 Å². The summed E-state index contributed by atoms with van der Waals surface area (Å²) in [6.07, 6.45) is 4.33. The first-order valence-corrected chi connectivity index (χ1v) is 8.87. The lowest BCUT2D eigenvalue weighted by atomic mass is 9.93. The van der Waals surface area contributed by atoms with Crippen molar-refractivity contribution in [2.45, 2.75) is 52.5 Å². The van der Waals surface area contributed by atoms with Gasteiger partial charge < -0.3 is 9.42 Å². The number of rotatable bonds is 3. The summed E-state index contributed by atoms with van der Waals surface area (Å²) < 4.78 is 5.31. The van der Waals surface area contributed by atoms with Crippen LogP contribution in [0.2, 0.25) is 0 Å². The molecule has 0 bridgehead atoms. The maximum atomic E-state index is 12.8. The SMILES string of the molecule is Cc1noc(C(C)N2CCCC(C(=O)N3CCC(C)CC3)C2)n1. The highest BCUT2D eigenvalue weighted by molar-refractivity contribution is 5.79. The monoisotopic (exact) mass is 320 g/mol. The van der Waals surface area contributed by atoms with Crippen LogP contribution in [-0.4, -0.2) is 52.0 Å². The maximum absolute atomic E-state index is 12.8. The van der Waals surface area contributed by atoms with Gasteiger partial charge in [-0.3, -0.25) is 9.69 Å². The van der Waals surface area contributed by atoms with Crippen LogP contribution < -0.4 is 0 Å². The van der Waals surface area contributed by atoms with Crippen molar-refractivity contribution in [1.82, 2.24) is 19.9 Å². The Labute approximate surface area is 138 Å². The Morgan fingerprint density at radius 3 is 2.65 bits per heavy atom. The van der Waals surface area contributed by atoms with E-state index in [1.165, 1.54) is 0 Å². The van der Waals surface area contributed by atoms with E-state index in [-0.39, 0.29) is 12.0 Å². The number of aryl methyl sites for hydroxylation is 1. The number of hydrogen-bond donors (Lipinski definition) is 0. The summed E-state index contributed by atoms with van der Waals surface area (Å²) >= 11 is 0. The number of nitrogens with zero attached hydrogens (tertiary/aromatic N) is 4. The van der Waals surface area contributed by atoms with Crippen molar-refractivity contribution in [2.75, 3.05) is 26.2 Å². The fraction of sp³-hybridized carbons (Fsp3) is 0.824. The van der Waals surface area contributed by atoms with Crippen molar-refractivity contribution in [3.05, 3.63) is 11.7 Å². The Hall–Kier alpha value is -1.43. The van der Waals surface area contributed by atoms with Gasteiger partial charge in [0.15, 0.2) is 5.82 Å². The number of amides is 1. The van der Waals surface area contributed by atoms with E-state index in [9.17, 15) is 4.79 Å². The Bertz CT molecular complexity index is 536. The number of carbonyl (C=O) groups is 1. The van der Waals surface area contributed by atoms with Crippen LogP contribution in [0.25, 0.3) is 0 Å². The van der Waals surface area contributed by atoms with Crippen molar-refractivity contribution in [1.29, 1.82) is 0 Å². The highest BCUT2D eigenvalue weighted by Crippen LogP contribution is 2.28. The molecule has 0 aromatic carbocycles. The van der Waals surface area contributed by atoms with Crippen molar-refractivity contribution >= 4 is 5.91 Å². The zero-order chi connectivity index (χ0) is 16.4. The molecule has 3 heterocycles. The van der Waals surface area contributed by atoms with Gasteiger partial charge in [0.05, 0.1) is 12.0 Å². The number of piperidine rings is 2. The standard InChI is InChI=1S/C17H28N4O2/c1-12-6-9-20(10-7-12)17(22)15-5-4-8-21(11-15)13(2)16-18-14(3)19-23-16/h12-13,15H,4-11H2,1-3H3. The molecule has 0 N–H and O–H groups in total. The summed E-state index contributed by atoms with van der Waals surface area (Å²) in [5, 5.41) is 3.88. The molecule has 2 fully saturated rings. The number of aromatic nitrogens is 2. The van der Waals surface area contributed by atoms with Crippen molar-refractivity contribution < 1.29 is 9.32 Å². The van der Waals surface area contributed by atoms with E-state index >= 15 is 0 Å². The lowest BCUT2D eigenvalue weighted by Gasteiger charge is -2.38. The lowest BCUT2D eigenvalue weighted by molar-refractivity contribution is -0.139. The Morgan fingerprint density at radius 1 is 1.26 bits per heavy atom. The molecular weight excluding hydrogens is 292 g/mol. The molecule has 2 aliphatic rings. The first-order valence-electron chi connectivity index (χ1n) is 8.87. The van der Waals surface area contributed by atoms with E-state index in [2.05, 4.69) is 33.8 Å². The first-order chi connectivity index (χ1) is 11.0. The van der Waals surface area contributed by atoms with Crippen LogP contribution in [0.15, 0.2) is 4.52 Å². The van der Waals surface area contributed by atoms with Gasteiger partial charge in [-0.1, -0.05) is 12.1 Å². The predicted octanol–water partition coefficient (Wildman–Crippen LogP) is 2.41. The van der Waals surface area contributed by atoms with Crippen LogP contribution >= 0.6 is 0 Å². The summed E-state index contributed by atoms with van der Waals surface area (Å²) in [7, 11) is 0. The fourth-order valence-corrected chi connectivity index (χ4v) is 3.69. The predicted molar refractivity (Wildman–Crippen MR) is 86.7 cm³/mol. The van der Waals surface area contributed by atoms with Gasteiger partial charge in [-0.25, -0.2) is 0 Å². The minimum Gasteiger partial charge on any atom is -0.342 e. The summed E-state index contributed by atoms with van der Waals surface area (Å²) in [5.74, 6) is 2.53. The third-order valence-corrected chi connectivity index (χ3v) is 5.35. The molecule has 6 heteroatoms. The zero-order valence-electron chi connectivity index (χ0n) is 14.5. The molecule has 2 atom stereocenters. The number of carbonyl (C=O) groups excluding carboxylic acids is 1. The fourth-order valence-electron chi connectivity index (χ4n) is 3.69. The molecule has 1 amide bonds. The van der Waals surface area contributed by atoms with E-state index < -0.39 is 0 Å². The van der Waals surface area contributed by atoms with Gasteiger partial charge in [0.25, 0.3) is 0 Å². The normalized spacial score (nSPS) is 25.5. The molecule has 23 heavy (non-hydrogen) atoms. The van der Waals surface area contributed by atoms with E-state index in [4.69, 9.17) is 4.52 Å². The minimum atomic E-state index is 0.0770. The molecule has 128 valence electrons. The minimum absolute atomic E-state index is 0.0770.